The van der Waals surface area contributed by atoms with E-state index in [0.717, 1.165) is 24.4 Å². The van der Waals surface area contributed by atoms with Crippen molar-refractivity contribution in [2.45, 2.75) is 51.9 Å². The summed E-state index contributed by atoms with van der Waals surface area (Å²) < 4.78 is 5.42. The van der Waals surface area contributed by atoms with Crippen molar-refractivity contribution < 1.29 is 9.53 Å². The van der Waals surface area contributed by atoms with E-state index in [-0.39, 0.29) is 5.91 Å². The van der Waals surface area contributed by atoms with Gasteiger partial charge in [0.25, 0.3) is 0 Å². The third-order valence-electron chi connectivity index (χ3n) is 5.09. The van der Waals surface area contributed by atoms with Crippen LogP contribution < -0.4 is 5.32 Å². The summed E-state index contributed by atoms with van der Waals surface area (Å²) in [6, 6.07) is 6.63. The predicted molar refractivity (Wildman–Crippen MR) is 87.6 cm³/mol. The molecule has 0 aromatic heterocycles. The summed E-state index contributed by atoms with van der Waals surface area (Å²) in [6.45, 7) is 4.05. The highest BCUT2D eigenvalue weighted by Crippen LogP contribution is 2.27. The number of hydrogen-bond acceptors (Lipinski definition) is 3. The first-order valence-electron chi connectivity index (χ1n) is 8.32. The predicted octanol–water partition coefficient (Wildman–Crippen LogP) is 3.17. The number of benzene rings is 1. The van der Waals surface area contributed by atoms with Gasteiger partial charge in [-0.05, 0) is 54.9 Å². The van der Waals surface area contributed by atoms with Gasteiger partial charge < -0.3 is 15.0 Å². The lowest BCUT2D eigenvalue weighted by Gasteiger charge is -2.33. The molecule has 1 aromatic carbocycles. The lowest BCUT2D eigenvalue weighted by molar-refractivity contribution is -0.130. The van der Waals surface area contributed by atoms with Gasteiger partial charge in [-0.15, -0.1) is 0 Å². The van der Waals surface area contributed by atoms with Crippen molar-refractivity contribution in [2.24, 2.45) is 5.92 Å². The zero-order valence-electron chi connectivity index (χ0n) is 13.6. The van der Waals surface area contributed by atoms with Gasteiger partial charge in [-0.25, -0.2) is 0 Å². The lowest BCUT2D eigenvalue weighted by atomic mass is 9.87. The van der Waals surface area contributed by atoms with Gasteiger partial charge in [0.1, 0.15) is 0 Å². The first-order chi connectivity index (χ1) is 10.6. The van der Waals surface area contributed by atoms with Crippen LogP contribution in [0.5, 0.6) is 0 Å². The SMILES string of the molecule is CC1CCC(N(C)C(=O)CNc2ccc3c(c2)COC3)CC1. The molecule has 4 heteroatoms. The van der Waals surface area contributed by atoms with Gasteiger partial charge in [-0.2, -0.15) is 0 Å². The summed E-state index contributed by atoms with van der Waals surface area (Å²) in [5.41, 5.74) is 3.49. The molecular weight excluding hydrogens is 276 g/mol. The van der Waals surface area contributed by atoms with E-state index in [9.17, 15) is 4.79 Å². The van der Waals surface area contributed by atoms with E-state index in [2.05, 4.69) is 24.4 Å². The molecule has 1 aliphatic carbocycles. The highest BCUT2D eigenvalue weighted by Gasteiger charge is 2.24. The van der Waals surface area contributed by atoms with E-state index in [4.69, 9.17) is 4.74 Å². The number of carbonyl (C=O) groups is 1. The van der Waals surface area contributed by atoms with Crippen molar-refractivity contribution in [3.8, 4) is 0 Å². The number of rotatable bonds is 4. The Morgan fingerprint density at radius 3 is 2.73 bits per heavy atom. The fourth-order valence-corrected chi connectivity index (χ4v) is 3.42. The molecule has 1 amide bonds. The van der Waals surface area contributed by atoms with Gasteiger partial charge in [-0.3, -0.25) is 4.79 Å². The molecule has 1 aliphatic heterocycles. The van der Waals surface area contributed by atoms with Crippen LogP contribution in [0, 0.1) is 5.92 Å². The summed E-state index contributed by atoms with van der Waals surface area (Å²) in [6.07, 6.45) is 4.75. The second-order valence-electron chi connectivity index (χ2n) is 6.75. The Hall–Kier alpha value is -1.55. The number of anilines is 1. The molecule has 2 aliphatic rings. The second-order valence-corrected chi connectivity index (χ2v) is 6.75. The smallest absolute Gasteiger partial charge is 0.241 e. The first-order valence-corrected chi connectivity index (χ1v) is 8.32. The Morgan fingerprint density at radius 2 is 1.95 bits per heavy atom. The van der Waals surface area contributed by atoms with Gasteiger partial charge in [0, 0.05) is 18.8 Å². The lowest BCUT2D eigenvalue weighted by Crippen LogP contribution is -2.42. The summed E-state index contributed by atoms with van der Waals surface area (Å²) in [5.74, 6) is 0.989. The molecule has 0 saturated heterocycles. The fraction of sp³-hybridized carbons (Fsp3) is 0.611. The molecule has 0 atom stereocenters. The number of hydrogen-bond donors (Lipinski definition) is 1. The molecular formula is C18H26N2O2. The Labute approximate surface area is 132 Å². The van der Waals surface area contributed by atoms with Crippen LogP contribution >= 0.6 is 0 Å². The molecule has 0 radical (unpaired) electrons. The first kappa shape index (κ1) is 15.3. The van der Waals surface area contributed by atoms with Crippen LogP contribution in [-0.4, -0.2) is 30.4 Å². The van der Waals surface area contributed by atoms with Crippen LogP contribution in [0.15, 0.2) is 18.2 Å². The topological polar surface area (TPSA) is 41.6 Å². The molecule has 0 bridgehead atoms. The Morgan fingerprint density at radius 1 is 1.23 bits per heavy atom. The van der Waals surface area contributed by atoms with Crippen molar-refractivity contribution in [3.63, 3.8) is 0 Å². The maximum absolute atomic E-state index is 12.4. The minimum atomic E-state index is 0.177. The molecule has 0 unspecified atom stereocenters. The van der Waals surface area contributed by atoms with E-state index < -0.39 is 0 Å². The van der Waals surface area contributed by atoms with Crippen molar-refractivity contribution >= 4 is 11.6 Å². The number of nitrogens with one attached hydrogen (secondary N) is 1. The number of nitrogens with zero attached hydrogens (tertiary/aromatic N) is 1. The van der Waals surface area contributed by atoms with Gasteiger partial charge in [0.2, 0.25) is 5.91 Å². The van der Waals surface area contributed by atoms with Crippen LogP contribution in [0.4, 0.5) is 5.69 Å². The van der Waals surface area contributed by atoms with Gasteiger partial charge >= 0.3 is 0 Å². The Balaban J connectivity index is 1.51. The number of fused-ring (bicyclic) bond motifs is 1. The maximum atomic E-state index is 12.4. The molecule has 1 aromatic rings. The Bertz CT molecular complexity index is 536. The van der Waals surface area contributed by atoms with Crippen molar-refractivity contribution in [1.82, 2.24) is 4.90 Å². The minimum Gasteiger partial charge on any atom is -0.376 e. The van der Waals surface area contributed by atoms with E-state index in [1.807, 2.05) is 18.0 Å². The normalized spacial score (nSPS) is 23.9. The Kier molecular flexibility index (Phi) is 4.67. The standard InChI is InChI=1S/C18H26N2O2/c1-13-3-7-17(8-4-13)20(2)18(21)10-19-16-6-5-14-11-22-12-15(14)9-16/h5-6,9,13,17,19H,3-4,7-8,10-12H2,1-2H3. The van der Waals surface area contributed by atoms with Crippen molar-refractivity contribution in [1.29, 1.82) is 0 Å². The summed E-state index contributed by atoms with van der Waals surface area (Å²) in [4.78, 5) is 14.3. The molecule has 1 heterocycles. The molecule has 1 fully saturated rings. The third-order valence-corrected chi connectivity index (χ3v) is 5.09. The molecule has 22 heavy (non-hydrogen) atoms. The average molecular weight is 302 g/mol. The van der Waals surface area contributed by atoms with E-state index in [1.165, 1.54) is 24.0 Å². The largest absolute Gasteiger partial charge is 0.376 e. The third kappa shape index (κ3) is 3.43. The van der Waals surface area contributed by atoms with Crippen molar-refractivity contribution in [2.75, 3.05) is 18.9 Å². The molecule has 1 N–H and O–H groups in total. The van der Waals surface area contributed by atoms with Gasteiger partial charge in [-0.1, -0.05) is 13.0 Å². The molecule has 3 rings (SSSR count). The summed E-state index contributed by atoms with van der Waals surface area (Å²) >= 11 is 0. The minimum absolute atomic E-state index is 0.177. The number of ether oxygens (including phenoxy) is 1. The quantitative estimate of drug-likeness (QED) is 0.929. The summed E-state index contributed by atoms with van der Waals surface area (Å²) in [5, 5.41) is 3.26. The van der Waals surface area contributed by atoms with E-state index in [0.29, 0.717) is 25.8 Å². The second kappa shape index (κ2) is 6.69. The van der Waals surface area contributed by atoms with Gasteiger partial charge in [0.05, 0.1) is 19.8 Å². The van der Waals surface area contributed by atoms with Crippen molar-refractivity contribution in [3.05, 3.63) is 29.3 Å². The molecule has 4 nitrogen and oxygen atoms in total. The number of amides is 1. The van der Waals surface area contributed by atoms with Gasteiger partial charge in [0.15, 0.2) is 0 Å². The monoisotopic (exact) mass is 302 g/mol. The average Bonchev–Trinajstić information content (AvgIpc) is 3.00. The molecule has 0 spiro atoms. The zero-order valence-corrected chi connectivity index (χ0v) is 13.6. The van der Waals surface area contributed by atoms with Crippen LogP contribution in [0.1, 0.15) is 43.7 Å². The highest BCUT2D eigenvalue weighted by molar-refractivity contribution is 5.81. The molecule has 1 saturated carbocycles. The van der Waals surface area contributed by atoms with E-state index in [1.54, 1.807) is 0 Å². The van der Waals surface area contributed by atoms with Crippen LogP contribution in [0.3, 0.4) is 0 Å². The van der Waals surface area contributed by atoms with Crippen LogP contribution in [0.25, 0.3) is 0 Å². The molecule has 120 valence electrons. The number of likely N-dealkylation sites (N-methyl/N-ethyl adjacent to an activating group) is 1. The highest BCUT2D eigenvalue weighted by atomic mass is 16.5. The number of carbonyl (C=O) groups excluding carboxylic acids is 1. The van der Waals surface area contributed by atoms with E-state index >= 15 is 0 Å². The fourth-order valence-electron chi connectivity index (χ4n) is 3.42. The van der Waals surface area contributed by atoms with Crippen LogP contribution in [-0.2, 0) is 22.7 Å². The maximum Gasteiger partial charge on any atom is 0.241 e. The summed E-state index contributed by atoms with van der Waals surface area (Å²) in [7, 11) is 1.95. The zero-order chi connectivity index (χ0) is 15.5. The van der Waals surface area contributed by atoms with Crippen LogP contribution in [0.2, 0.25) is 0 Å².